The maximum atomic E-state index is 15.7. The van der Waals surface area contributed by atoms with Gasteiger partial charge in [-0.1, -0.05) is 180 Å². The molecule has 0 aliphatic heterocycles. The van der Waals surface area contributed by atoms with E-state index in [1.54, 1.807) is 36.7 Å². The first-order valence-corrected chi connectivity index (χ1v) is 43.6. The highest BCUT2D eigenvalue weighted by molar-refractivity contribution is 6.30. The van der Waals surface area contributed by atoms with Gasteiger partial charge in [0.15, 0.2) is 0 Å². The molecule has 634 valence electrons. The third-order valence-electron chi connectivity index (χ3n) is 22.4. The van der Waals surface area contributed by atoms with E-state index in [1.165, 1.54) is 7.11 Å². The fourth-order valence-corrected chi connectivity index (χ4v) is 16.5. The van der Waals surface area contributed by atoms with Gasteiger partial charge in [0.2, 0.25) is 23.6 Å². The molecule has 21 nitrogen and oxygen atoms in total. The molecule has 0 spiro atoms. The second-order valence-corrected chi connectivity index (χ2v) is 32.5. The fraction of sp³-hybridized carbons (Fsp3) is 0.423. The Hall–Kier alpha value is -10.3. The second kappa shape index (κ2) is 47.7. The Labute approximate surface area is 718 Å². The van der Waals surface area contributed by atoms with Crippen LogP contribution in [0.3, 0.4) is 0 Å². The van der Waals surface area contributed by atoms with E-state index < -0.39 is 16.8 Å². The highest BCUT2D eigenvalue weighted by Gasteiger charge is 2.45. The minimum absolute atomic E-state index is 0.0356. The number of hydrogen-bond acceptors (Lipinski definition) is 16. The number of anilines is 2. The van der Waals surface area contributed by atoms with Gasteiger partial charge in [-0.3, -0.25) is 43.7 Å². The molecular weight excluding hydrogens is 1550 g/mol. The van der Waals surface area contributed by atoms with Gasteiger partial charge in [0.1, 0.15) is 17.4 Å². The number of esters is 1. The fourth-order valence-electron chi connectivity index (χ4n) is 16.2. The number of nitrogens with one attached hydrogen (secondary N) is 3. The van der Waals surface area contributed by atoms with E-state index in [2.05, 4.69) is 57.8 Å². The van der Waals surface area contributed by atoms with Gasteiger partial charge >= 0.3 is 5.97 Å². The van der Waals surface area contributed by atoms with E-state index in [1.807, 2.05) is 155 Å². The van der Waals surface area contributed by atoms with Crippen LogP contribution in [0.15, 0.2) is 200 Å². The average molecular weight is 1670 g/mol. The number of nitrogens with zero attached hydrogens (tertiary/aromatic N) is 8. The molecule has 23 heteroatoms. The van der Waals surface area contributed by atoms with Gasteiger partial charge in [-0.15, -0.1) is 0 Å². The Kier molecular flexibility index (Phi) is 35.9. The van der Waals surface area contributed by atoms with Crippen LogP contribution >= 0.6 is 23.2 Å². The topological polar surface area (TPSA) is 240 Å². The van der Waals surface area contributed by atoms with Crippen molar-refractivity contribution in [2.45, 2.75) is 205 Å². The summed E-state index contributed by atoms with van der Waals surface area (Å²) in [5.74, 6) is 1.03. The zero-order valence-electron chi connectivity index (χ0n) is 69.9. The molecule has 2 fully saturated rings. The van der Waals surface area contributed by atoms with Crippen LogP contribution < -0.4 is 20.7 Å². The lowest BCUT2D eigenvalue weighted by atomic mass is 9.68. The van der Waals surface area contributed by atoms with E-state index in [-0.39, 0.29) is 62.5 Å². The number of methoxy groups -OCH3 is 1. The van der Waals surface area contributed by atoms with Crippen LogP contribution in [-0.2, 0) is 96.6 Å². The van der Waals surface area contributed by atoms with Crippen molar-refractivity contribution in [3.8, 4) is 5.75 Å². The zero-order chi connectivity index (χ0) is 84.2. The van der Waals surface area contributed by atoms with Gasteiger partial charge in [-0.25, -0.2) is 14.8 Å². The van der Waals surface area contributed by atoms with E-state index >= 15 is 4.79 Å². The predicted molar refractivity (Wildman–Crippen MR) is 471 cm³/mol. The molecular formula is C97H117Cl2N11O10. The molecule has 4 heterocycles. The number of amides is 5. The number of carbonyl (C=O) groups is 6. The Balaban J connectivity index is 0.754. The third-order valence-corrected chi connectivity index (χ3v) is 22.9. The largest absolute Gasteiger partial charge is 0.494 e. The minimum Gasteiger partial charge on any atom is -0.494 e. The smallest absolute Gasteiger partial charge is 0.337 e. The standard InChI is InChI=1S/C97H117Cl2N11O10/c1-4-6-10-30-90(111)105-88-28-22-26-85(103-88)71-107(69-83-24-12-18-52-100-83)65-75-62-76(66-108(70-84-25-13-19-53-101-84)72-86-27-23-29-89(104-86)106-91(112)31-11-7-5-2)64-87(63-75)120-57-21-20-55-109(94(115)96(48-14-8-15-49-96)79-40-44-81(98)45-41-79)67-73-32-36-77(37-33-73)92(113)102-54-58-118-60-61-119-59-56-110(68-74-34-38-78(39-35-74)93(114)117-3)95(116)97(50-16-9-17-51-97)80-42-46-82(99)47-43-80/h12-13,18-19,22-29,32-47,52-53,62-64H,4-11,14-17,20-21,30-31,48-51,54-61,65-72H2,1-3H3,(H,102,113)(H,103,105,111)(H,104,106,112). The minimum atomic E-state index is -0.743. The van der Waals surface area contributed by atoms with E-state index in [0.29, 0.717) is 149 Å². The Bertz CT molecular complexity index is 4550. The lowest BCUT2D eigenvalue weighted by Crippen LogP contribution is -2.48. The van der Waals surface area contributed by atoms with Crippen LogP contribution in [0, 0.1) is 0 Å². The molecule has 4 aromatic heterocycles. The van der Waals surface area contributed by atoms with Crippen LogP contribution in [-0.4, -0.2) is 135 Å². The summed E-state index contributed by atoms with van der Waals surface area (Å²) in [6, 6.07) is 59.8. The zero-order valence-corrected chi connectivity index (χ0v) is 71.4. The average Bonchev–Trinajstić information content (AvgIpc) is 0.774. The van der Waals surface area contributed by atoms with Crippen molar-refractivity contribution in [3.05, 3.63) is 278 Å². The van der Waals surface area contributed by atoms with Crippen molar-refractivity contribution in [2.24, 2.45) is 0 Å². The highest BCUT2D eigenvalue weighted by Crippen LogP contribution is 2.44. The van der Waals surface area contributed by atoms with Gasteiger partial charge in [-0.2, -0.15) is 0 Å². The van der Waals surface area contributed by atoms with Crippen LogP contribution in [0.1, 0.15) is 219 Å². The highest BCUT2D eigenvalue weighted by atomic mass is 35.5. The molecule has 120 heavy (non-hydrogen) atoms. The molecule has 2 saturated carbocycles. The number of pyridine rings is 4. The first-order valence-electron chi connectivity index (χ1n) is 42.9. The summed E-state index contributed by atoms with van der Waals surface area (Å²) in [6.07, 6.45) is 20.1. The van der Waals surface area contributed by atoms with Crippen molar-refractivity contribution in [1.29, 1.82) is 0 Å². The maximum Gasteiger partial charge on any atom is 0.337 e. The molecule has 5 amide bonds. The molecule has 2 aliphatic rings. The van der Waals surface area contributed by atoms with Crippen molar-refractivity contribution < 1.29 is 47.7 Å². The van der Waals surface area contributed by atoms with E-state index in [9.17, 15) is 24.0 Å². The SMILES string of the molecule is CCCCCC(=O)Nc1cccc(CN(Cc2cc(CN(Cc3ccccn3)Cc3cccc(NC(=O)CCCCC)n3)cc(OCCCCN(Cc3ccc(C(=O)NCCOCCOCCN(Cc4ccc(C(=O)OC)cc4)C(=O)C4(c5ccc(Cl)cc5)CCCCC4)cc3)C(=O)C3(c4ccc(Cl)cc4)CCCCC3)c2)Cc2ccccn2)n1. The van der Waals surface area contributed by atoms with Crippen molar-refractivity contribution >= 4 is 70.3 Å². The van der Waals surface area contributed by atoms with Crippen LogP contribution in [0.25, 0.3) is 0 Å². The second-order valence-electron chi connectivity index (χ2n) is 31.6. The maximum absolute atomic E-state index is 15.7. The van der Waals surface area contributed by atoms with Crippen LogP contribution in [0.5, 0.6) is 5.75 Å². The molecule has 0 bridgehead atoms. The van der Waals surface area contributed by atoms with Gasteiger partial charge in [0, 0.05) is 113 Å². The summed E-state index contributed by atoms with van der Waals surface area (Å²) >= 11 is 12.8. The van der Waals surface area contributed by atoms with Gasteiger partial charge in [-0.05, 0) is 194 Å². The molecule has 0 saturated heterocycles. The van der Waals surface area contributed by atoms with Crippen LogP contribution in [0.2, 0.25) is 10.0 Å². The molecule has 0 unspecified atom stereocenters. The number of aromatic nitrogens is 4. The molecule has 9 aromatic rings. The Morgan fingerprint density at radius 1 is 0.425 bits per heavy atom. The Morgan fingerprint density at radius 3 is 1.35 bits per heavy atom. The summed E-state index contributed by atoms with van der Waals surface area (Å²) in [5, 5.41) is 10.3. The number of rotatable bonds is 47. The Morgan fingerprint density at radius 2 is 0.883 bits per heavy atom. The number of carbonyl (C=O) groups excluding carboxylic acids is 6. The lowest BCUT2D eigenvalue weighted by Gasteiger charge is -2.40. The summed E-state index contributed by atoms with van der Waals surface area (Å²) in [7, 11) is 1.35. The number of unbranched alkanes of at least 4 members (excludes halogenated alkanes) is 5. The number of benzene rings is 5. The van der Waals surface area contributed by atoms with E-state index in [4.69, 9.17) is 62.1 Å². The van der Waals surface area contributed by atoms with Gasteiger partial charge in [0.05, 0.1) is 79.3 Å². The first kappa shape index (κ1) is 90.5. The van der Waals surface area contributed by atoms with Crippen molar-refractivity contribution in [1.82, 2.24) is 44.9 Å². The first-order chi connectivity index (χ1) is 58.5. The quantitative estimate of drug-likeness (QED) is 0.0237. The lowest BCUT2D eigenvalue weighted by molar-refractivity contribution is -0.141. The third kappa shape index (κ3) is 27.9. The number of halogens is 2. The summed E-state index contributed by atoms with van der Waals surface area (Å²) in [6.45, 7) is 10.3. The molecule has 5 aromatic carbocycles. The summed E-state index contributed by atoms with van der Waals surface area (Å²) in [5.41, 5.74) is 8.51. The molecule has 2 aliphatic carbocycles. The van der Waals surface area contributed by atoms with Gasteiger partial charge < -0.3 is 44.7 Å². The van der Waals surface area contributed by atoms with Gasteiger partial charge in [0.25, 0.3) is 5.91 Å². The van der Waals surface area contributed by atoms with Crippen LogP contribution in [0.4, 0.5) is 11.6 Å². The summed E-state index contributed by atoms with van der Waals surface area (Å²) < 4.78 is 23.8. The molecule has 0 atom stereocenters. The summed E-state index contributed by atoms with van der Waals surface area (Å²) in [4.78, 5) is 111. The molecule has 0 radical (unpaired) electrons. The van der Waals surface area contributed by atoms with E-state index in [0.717, 1.165) is 146 Å². The molecule has 3 N–H and O–H groups in total. The molecule has 11 rings (SSSR count). The van der Waals surface area contributed by atoms with Crippen molar-refractivity contribution in [2.75, 3.05) is 70.4 Å². The predicted octanol–water partition coefficient (Wildman–Crippen LogP) is 18.6. The normalized spacial score (nSPS) is 13.6. The number of hydrogen-bond donors (Lipinski definition) is 3. The number of ether oxygens (including phenoxy) is 4. The van der Waals surface area contributed by atoms with Crippen molar-refractivity contribution in [3.63, 3.8) is 0 Å². The monoisotopic (exact) mass is 1670 g/mol.